The van der Waals surface area contributed by atoms with Crippen LogP contribution in [0.1, 0.15) is 29.3 Å². The Labute approximate surface area is 99.4 Å². The van der Waals surface area contributed by atoms with Gasteiger partial charge >= 0.3 is 0 Å². The first-order valence-corrected chi connectivity index (χ1v) is 6.47. The Kier molecular flexibility index (Phi) is 3.39. The summed E-state index contributed by atoms with van der Waals surface area (Å²) in [4.78, 5) is 11.2. The summed E-state index contributed by atoms with van der Waals surface area (Å²) in [6, 6.07) is 5.49. The molecule has 1 unspecified atom stereocenters. The highest BCUT2D eigenvalue weighted by atomic mass is 32.2. The maximum atomic E-state index is 11.2. The van der Waals surface area contributed by atoms with Gasteiger partial charge in [-0.25, -0.2) is 0 Å². The fraction of sp³-hybridized carbons (Fsp3) is 0.417. The van der Waals surface area contributed by atoms with E-state index in [1.54, 1.807) is 17.8 Å². The van der Waals surface area contributed by atoms with Crippen molar-refractivity contribution in [3.63, 3.8) is 0 Å². The lowest BCUT2D eigenvalue weighted by Crippen LogP contribution is -2.23. The van der Waals surface area contributed by atoms with Gasteiger partial charge in [-0.15, -0.1) is 11.8 Å². The Bertz CT molecular complexity index is 406. The standard InChI is InChI=1S/C12H15NO2S/c1-2-16-11-7-6-8-9(12(13)14)4-3-5-10(8)15-11/h3-5,11H,2,6-7H2,1H3,(H2,13,14). The topological polar surface area (TPSA) is 52.3 Å². The quantitative estimate of drug-likeness (QED) is 0.876. The van der Waals surface area contributed by atoms with Crippen LogP contribution in [0.25, 0.3) is 0 Å². The Morgan fingerprint density at radius 3 is 3.12 bits per heavy atom. The van der Waals surface area contributed by atoms with Crippen molar-refractivity contribution < 1.29 is 9.53 Å². The van der Waals surface area contributed by atoms with E-state index in [0.717, 1.165) is 29.9 Å². The van der Waals surface area contributed by atoms with Crippen LogP contribution in [0.4, 0.5) is 0 Å². The first-order valence-electron chi connectivity index (χ1n) is 5.42. The van der Waals surface area contributed by atoms with Crippen LogP contribution in [0.15, 0.2) is 18.2 Å². The van der Waals surface area contributed by atoms with Gasteiger partial charge in [0.2, 0.25) is 5.91 Å². The molecular weight excluding hydrogens is 222 g/mol. The second kappa shape index (κ2) is 4.78. The summed E-state index contributed by atoms with van der Waals surface area (Å²) in [6.45, 7) is 2.11. The molecule has 1 amide bonds. The molecule has 0 aromatic heterocycles. The van der Waals surface area contributed by atoms with E-state index >= 15 is 0 Å². The molecule has 1 aliphatic heterocycles. The molecule has 16 heavy (non-hydrogen) atoms. The molecule has 0 fully saturated rings. The van der Waals surface area contributed by atoms with E-state index in [2.05, 4.69) is 6.92 Å². The lowest BCUT2D eigenvalue weighted by molar-refractivity contribution is 0.0998. The number of hydrogen-bond acceptors (Lipinski definition) is 3. The van der Waals surface area contributed by atoms with E-state index in [4.69, 9.17) is 10.5 Å². The second-order valence-corrected chi connectivity index (χ2v) is 5.12. The zero-order valence-corrected chi connectivity index (χ0v) is 10.0. The molecule has 1 aromatic rings. The lowest BCUT2D eigenvalue weighted by atomic mass is 9.99. The molecule has 0 saturated carbocycles. The summed E-state index contributed by atoms with van der Waals surface area (Å²) in [7, 11) is 0. The number of ether oxygens (including phenoxy) is 1. The van der Waals surface area contributed by atoms with Crippen LogP contribution >= 0.6 is 11.8 Å². The number of nitrogens with two attached hydrogens (primary N) is 1. The summed E-state index contributed by atoms with van der Waals surface area (Å²) in [5, 5.41) is 0. The number of amides is 1. The van der Waals surface area contributed by atoms with Gasteiger partial charge in [0.15, 0.2) is 0 Å². The van der Waals surface area contributed by atoms with Gasteiger partial charge in [0.1, 0.15) is 11.2 Å². The van der Waals surface area contributed by atoms with Crippen LogP contribution in [0, 0.1) is 0 Å². The molecule has 1 atom stereocenters. The molecule has 4 heteroatoms. The van der Waals surface area contributed by atoms with Gasteiger partial charge in [0.25, 0.3) is 0 Å². The number of fused-ring (bicyclic) bond motifs is 1. The largest absolute Gasteiger partial charge is 0.479 e. The number of carbonyl (C=O) groups is 1. The third-order valence-electron chi connectivity index (χ3n) is 2.64. The average molecular weight is 237 g/mol. The van der Waals surface area contributed by atoms with Crippen LogP contribution < -0.4 is 10.5 Å². The minimum absolute atomic E-state index is 0.209. The van der Waals surface area contributed by atoms with E-state index in [1.165, 1.54) is 0 Å². The molecule has 0 aliphatic carbocycles. The summed E-state index contributed by atoms with van der Waals surface area (Å²) in [5.41, 5.74) is 7.10. The summed E-state index contributed by atoms with van der Waals surface area (Å²) >= 11 is 1.79. The first kappa shape index (κ1) is 11.3. The Morgan fingerprint density at radius 1 is 1.62 bits per heavy atom. The minimum atomic E-state index is -0.373. The SMILES string of the molecule is CCSC1CCc2c(cccc2C(N)=O)O1. The number of carbonyl (C=O) groups excluding carboxylic acids is 1. The van der Waals surface area contributed by atoms with Crippen LogP contribution in [0.5, 0.6) is 5.75 Å². The van der Waals surface area contributed by atoms with Crippen molar-refractivity contribution in [1.29, 1.82) is 0 Å². The van der Waals surface area contributed by atoms with Crippen molar-refractivity contribution >= 4 is 17.7 Å². The van der Waals surface area contributed by atoms with Gasteiger partial charge < -0.3 is 10.5 Å². The first-order chi connectivity index (χ1) is 7.72. The van der Waals surface area contributed by atoms with Gasteiger partial charge in [-0.2, -0.15) is 0 Å². The van der Waals surface area contributed by atoms with E-state index in [1.807, 2.05) is 12.1 Å². The fourth-order valence-corrected chi connectivity index (χ4v) is 2.76. The van der Waals surface area contributed by atoms with Gasteiger partial charge in [0.05, 0.1) is 0 Å². The third-order valence-corrected chi connectivity index (χ3v) is 3.68. The van der Waals surface area contributed by atoms with Gasteiger partial charge in [-0.05, 0) is 30.7 Å². The molecule has 0 saturated heterocycles. The van der Waals surface area contributed by atoms with E-state index in [9.17, 15) is 4.79 Å². The highest BCUT2D eigenvalue weighted by Gasteiger charge is 2.22. The van der Waals surface area contributed by atoms with Crippen molar-refractivity contribution in [1.82, 2.24) is 0 Å². The van der Waals surface area contributed by atoms with Crippen LogP contribution in [0.3, 0.4) is 0 Å². The molecule has 0 bridgehead atoms. The van der Waals surface area contributed by atoms with E-state index in [-0.39, 0.29) is 11.3 Å². The van der Waals surface area contributed by atoms with Crippen LogP contribution in [0.2, 0.25) is 0 Å². The van der Waals surface area contributed by atoms with Gasteiger partial charge in [0, 0.05) is 11.1 Å². The lowest BCUT2D eigenvalue weighted by Gasteiger charge is -2.26. The van der Waals surface area contributed by atoms with Crippen LogP contribution in [-0.2, 0) is 6.42 Å². The van der Waals surface area contributed by atoms with Gasteiger partial charge in [-0.1, -0.05) is 13.0 Å². The minimum Gasteiger partial charge on any atom is -0.479 e. The second-order valence-electron chi connectivity index (χ2n) is 3.69. The number of benzene rings is 1. The van der Waals surface area contributed by atoms with Crippen molar-refractivity contribution in [2.75, 3.05) is 5.75 Å². The predicted molar refractivity (Wildman–Crippen MR) is 65.8 cm³/mol. The highest BCUT2D eigenvalue weighted by Crippen LogP contribution is 2.33. The van der Waals surface area contributed by atoms with Crippen LogP contribution in [-0.4, -0.2) is 17.1 Å². The molecule has 0 spiro atoms. The van der Waals surface area contributed by atoms with Crippen molar-refractivity contribution in [2.45, 2.75) is 25.2 Å². The van der Waals surface area contributed by atoms with Crippen molar-refractivity contribution in [2.24, 2.45) is 5.73 Å². The maximum absolute atomic E-state index is 11.2. The van der Waals surface area contributed by atoms with E-state index < -0.39 is 0 Å². The molecule has 0 radical (unpaired) electrons. The maximum Gasteiger partial charge on any atom is 0.249 e. The Balaban J connectivity index is 2.27. The van der Waals surface area contributed by atoms with Crippen molar-refractivity contribution in [3.05, 3.63) is 29.3 Å². The zero-order chi connectivity index (χ0) is 11.5. The third kappa shape index (κ3) is 2.16. The predicted octanol–water partition coefficient (Wildman–Crippen LogP) is 2.19. The molecule has 2 rings (SSSR count). The number of rotatable bonds is 3. The zero-order valence-electron chi connectivity index (χ0n) is 9.23. The molecule has 86 valence electrons. The number of primary amides is 1. The average Bonchev–Trinajstić information content (AvgIpc) is 2.28. The monoisotopic (exact) mass is 237 g/mol. The summed E-state index contributed by atoms with van der Waals surface area (Å²) in [6.07, 6.45) is 1.81. The summed E-state index contributed by atoms with van der Waals surface area (Å²) < 4.78 is 5.82. The smallest absolute Gasteiger partial charge is 0.249 e. The molecule has 1 aliphatic rings. The molecule has 1 aromatic carbocycles. The highest BCUT2D eigenvalue weighted by molar-refractivity contribution is 7.99. The number of thioether (sulfide) groups is 1. The molecular formula is C12H15NO2S. The molecule has 3 nitrogen and oxygen atoms in total. The Hall–Kier alpha value is -1.16. The van der Waals surface area contributed by atoms with Crippen molar-refractivity contribution in [3.8, 4) is 5.75 Å². The summed E-state index contributed by atoms with van der Waals surface area (Å²) in [5.74, 6) is 1.48. The molecule has 1 heterocycles. The molecule has 2 N–H and O–H groups in total. The Morgan fingerprint density at radius 2 is 2.44 bits per heavy atom. The normalized spacial score (nSPS) is 18.7. The number of hydrogen-bond donors (Lipinski definition) is 1. The fourth-order valence-electron chi connectivity index (χ4n) is 1.93. The van der Waals surface area contributed by atoms with E-state index in [0.29, 0.717) is 5.56 Å². The van der Waals surface area contributed by atoms with Gasteiger partial charge in [-0.3, -0.25) is 4.79 Å².